The Kier molecular flexibility index (Phi) is 6.58. The molecule has 0 aliphatic carbocycles. The molecule has 0 spiro atoms. The second kappa shape index (κ2) is 8.26. The zero-order valence-corrected chi connectivity index (χ0v) is 16.0. The molecule has 0 radical (unpaired) electrons. The molecule has 1 atom stereocenters. The van der Waals surface area contributed by atoms with Crippen LogP contribution in [0.4, 0.5) is 0 Å². The maximum absolute atomic E-state index is 12.4. The number of carbonyl (C=O) groups is 2. The monoisotopic (exact) mass is 368 g/mol. The first-order chi connectivity index (χ1) is 11.3. The standard InChI is InChI=1S/C18H25ClN2O2S/c1-18(2,3)17(23)21-12-24-11-15(21)16(22)20-10-4-5-13-6-8-14(19)9-7-13/h6-9,15H,4-5,10-12H2,1-3H3,(H,20,22). The van der Waals surface area contributed by atoms with Crippen molar-refractivity contribution in [1.82, 2.24) is 10.2 Å². The fourth-order valence-corrected chi connectivity index (χ4v) is 3.84. The predicted molar refractivity (Wildman–Crippen MR) is 100 cm³/mol. The minimum atomic E-state index is -0.460. The Balaban J connectivity index is 1.79. The first-order valence-electron chi connectivity index (χ1n) is 8.20. The first kappa shape index (κ1) is 19.1. The first-order valence-corrected chi connectivity index (χ1v) is 9.73. The van der Waals surface area contributed by atoms with Crippen LogP contribution in [-0.4, -0.2) is 40.9 Å². The normalized spacial score (nSPS) is 17.8. The molecule has 132 valence electrons. The average Bonchev–Trinajstić information content (AvgIpc) is 3.00. The lowest BCUT2D eigenvalue weighted by atomic mass is 9.94. The van der Waals surface area contributed by atoms with Gasteiger partial charge in [0.2, 0.25) is 11.8 Å². The van der Waals surface area contributed by atoms with E-state index >= 15 is 0 Å². The number of nitrogens with one attached hydrogen (secondary N) is 1. The third-order valence-electron chi connectivity index (χ3n) is 3.94. The lowest BCUT2D eigenvalue weighted by Crippen LogP contribution is -2.50. The van der Waals surface area contributed by atoms with Crippen molar-refractivity contribution in [1.29, 1.82) is 0 Å². The van der Waals surface area contributed by atoms with Crippen molar-refractivity contribution in [3.8, 4) is 0 Å². The molecule has 1 heterocycles. The third-order valence-corrected chi connectivity index (χ3v) is 5.21. The van der Waals surface area contributed by atoms with Crippen molar-refractivity contribution in [3.63, 3.8) is 0 Å². The lowest BCUT2D eigenvalue weighted by molar-refractivity contribution is -0.144. The Hall–Kier alpha value is -1.20. The molecule has 1 fully saturated rings. The minimum absolute atomic E-state index is 0.0359. The van der Waals surface area contributed by atoms with Crippen molar-refractivity contribution in [2.75, 3.05) is 18.2 Å². The summed E-state index contributed by atoms with van der Waals surface area (Å²) in [7, 11) is 0. The van der Waals surface area contributed by atoms with Crippen molar-refractivity contribution < 1.29 is 9.59 Å². The van der Waals surface area contributed by atoms with Crippen molar-refractivity contribution in [3.05, 3.63) is 34.9 Å². The van der Waals surface area contributed by atoms with Crippen LogP contribution in [0.2, 0.25) is 5.02 Å². The van der Waals surface area contributed by atoms with Gasteiger partial charge in [0, 0.05) is 22.7 Å². The minimum Gasteiger partial charge on any atom is -0.354 e. The molecular weight excluding hydrogens is 344 g/mol. The molecule has 2 rings (SSSR count). The molecule has 0 saturated carbocycles. The maximum atomic E-state index is 12.4. The summed E-state index contributed by atoms with van der Waals surface area (Å²) in [5, 5.41) is 3.70. The molecule has 1 aromatic rings. The van der Waals surface area contributed by atoms with Gasteiger partial charge >= 0.3 is 0 Å². The molecule has 1 unspecified atom stereocenters. The maximum Gasteiger partial charge on any atom is 0.243 e. The Morgan fingerprint density at radius 1 is 1.29 bits per heavy atom. The highest BCUT2D eigenvalue weighted by atomic mass is 35.5. The van der Waals surface area contributed by atoms with Gasteiger partial charge in [0.1, 0.15) is 6.04 Å². The average molecular weight is 369 g/mol. The summed E-state index contributed by atoms with van der Waals surface area (Å²) in [5.41, 5.74) is 0.743. The van der Waals surface area contributed by atoms with Gasteiger partial charge in [-0.05, 0) is 30.5 Å². The fraction of sp³-hybridized carbons (Fsp3) is 0.556. The van der Waals surface area contributed by atoms with Gasteiger partial charge in [-0.1, -0.05) is 44.5 Å². The van der Waals surface area contributed by atoms with E-state index in [2.05, 4.69) is 5.32 Å². The van der Waals surface area contributed by atoms with Gasteiger partial charge in [-0.25, -0.2) is 0 Å². The van der Waals surface area contributed by atoms with Crippen LogP contribution in [-0.2, 0) is 16.0 Å². The molecule has 0 bridgehead atoms. The summed E-state index contributed by atoms with van der Waals surface area (Å²) in [6.07, 6.45) is 1.75. The predicted octanol–water partition coefficient (Wildman–Crippen LogP) is 3.34. The summed E-state index contributed by atoms with van der Waals surface area (Å²) < 4.78 is 0. The van der Waals surface area contributed by atoms with E-state index in [4.69, 9.17) is 11.6 Å². The van der Waals surface area contributed by atoms with Crippen LogP contribution >= 0.6 is 23.4 Å². The Morgan fingerprint density at radius 3 is 2.58 bits per heavy atom. The quantitative estimate of drug-likeness (QED) is 0.811. The number of nitrogens with zero attached hydrogens (tertiary/aromatic N) is 1. The zero-order valence-electron chi connectivity index (χ0n) is 14.5. The number of aryl methyl sites for hydroxylation is 1. The molecule has 1 aliphatic rings. The number of carbonyl (C=O) groups excluding carboxylic acids is 2. The summed E-state index contributed by atoms with van der Waals surface area (Å²) >= 11 is 7.50. The molecule has 1 aliphatic heterocycles. The summed E-state index contributed by atoms with van der Waals surface area (Å²) in [4.78, 5) is 26.6. The summed E-state index contributed by atoms with van der Waals surface area (Å²) in [5.74, 6) is 1.26. The Morgan fingerprint density at radius 2 is 1.96 bits per heavy atom. The zero-order chi connectivity index (χ0) is 17.7. The highest BCUT2D eigenvalue weighted by Gasteiger charge is 2.38. The van der Waals surface area contributed by atoms with E-state index in [9.17, 15) is 9.59 Å². The molecule has 0 aromatic heterocycles. The molecule has 24 heavy (non-hydrogen) atoms. The van der Waals surface area contributed by atoms with Crippen molar-refractivity contribution in [2.45, 2.75) is 39.7 Å². The largest absolute Gasteiger partial charge is 0.354 e. The summed E-state index contributed by atoms with van der Waals surface area (Å²) in [6.45, 7) is 6.28. The van der Waals surface area contributed by atoms with Crippen molar-refractivity contribution in [2.24, 2.45) is 5.41 Å². The van der Waals surface area contributed by atoms with Crippen LogP contribution in [0.5, 0.6) is 0 Å². The van der Waals surface area contributed by atoms with Crippen LogP contribution in [0.1, 0.15) is 32.8 Å². The molecular formula is C18H25ClN2O2S. The van der Waals surface area contributed by atoms with Gasteiger partial charge < -0.3 is 10.2 Å². The van der Waals surface area contributed by atoms with E-state index in [0.29, 0.717) is 18.2 Å². The summed E-state index contributed by atoms with van der Waals surface area (Å²) in [6, 6.07) is 7.41. The van der Waals surface area contributed by atoms with E-state index in [1.165, 1.54) is 5.56 Å². The highest BCUT2D eigenvalue weighted by molar-refractivity contribution is 7.99. The molecule has 1 aromatic carbocycles. The van der Waals surface area contributed by atoms with E-state index in [1.807, 2.05) is 45.0 Å². The van der Waals surface area contributed by atoms with Crippen molar-refractivity contribution >= 4 is 35.2 Å². The molecule has 1 N–H and O–H groups in total. The molecule has 4 nitrogen and oxygen atoms in total. The second-order valence-corrected chi connectivity index (χ2v) is 8.50. The Bertz CT molecular complexity index is 584. The van der Waals surface area contributed by atoms with E-state index in [1.54, 1.807) is 16.7 Å². The number of hydrogen-bond donors (Lipinski definition) is 1. The number of rotatable bonds is 5. The third kappa shape index (κ3) is 5.15. The van der Waals surface area contributed by atoms with Crippen LogP contribution < -0.4 is 5.32 Å². The van der Waals surface area contributed by atoms with Gasteiger partial charge in [-0.15, -0.1) is 11.8 Å². The molecule has 2 amide bonds. The second-order valence-electron chi connectivity index (χ2n) is 7.06. The number of halogens is 1. The van der Waals surface area contributed by atoms with Gasteiger partial charge in [-0.2, -0.15) is 0 Å². The molecule has 1 saturated heterocycles. The number of thioether (sulfide) groups is 1. The van der Waals surface area contributed by atoms with E-state index < -0.39 is 5.41 Å². The van der Waals surface area contributed by atoms with Crippen LogP contribution in [0, 0.1) is 5.41 Å². The van der Waals surface area contributed by atoms with Gasteiger partial charge in [-0.3, -0.25) is 9.59 Å². The van der Waals surface area contributed by atoms with E-state index in [0.717, 1.165) is 17.9 Å². The Labute approximate surface area is 153 Å². The van der Waals surface area contributed by atoms with Crippen LogP contribution in [0.15, 0.2) is 24.3 Å². The van der Waals surface area contributed by atoms with Crippen LogP contribution in [0.25, 0.3) is 0 Å². The topological polar surface area (TPSA) is 49.4 Å². The highest BCUT2D eigenvalue weighted by Crippen LogP contribution is 2.27. The molecule has 6 heteroatoms. The van der Waals surface area contributed by atoms with Gasteiger partial charge in [0.05, 0.1) is 5.88 Å². The van der Waals surface area contributed by atoms with Gasteiger partial charge in [0.15, 0.2) is 0 Å². The van der Waals surface area contributed by atoms with Gasteiger partial charge in [0.25, 0.3) is 0 Å². The number of amides is 2. The SMILES string of the molecule is CC(C)(C)C(=O)N1CSCC1C(=O)NCCCc1ccc(Cl)cc1. The number of hydrogen-bond acceptors (Lipinski definition) is 3. The number of benzene rings is 1. The van der Waals surface area contributed by atoms with Crippen LogP contribution in [0.3, 0.4) is 0 Å². The lowest BCUT2D eigenvalue weighted by Gasteiger charge is -2.29. The smallest absolute Gasteiger partial charge is 0.243 e. The van der Waals surface area contributed by atoms with E-state index in [-0.39, 0.29) is 17.9 Å². The fourth-order valence-electron chi connectivity index (χ4n) is 2.56.